The second-order valence-corrected chi connectivity index (χ2v) is 5.38. The molecule has 4 nitrogen and oxygen atoms in total. The van der Waals surface area contributed by atoms with Crippen molar-refractivity contribution in [2.75, 3.05) is 20.6 Å². The van der Waals surface area contributed by atoms with Crippen LogP contribution in [-0.4, -0.2) is 43.0 Å². The number of likely N-dealkylation sites (N-methyl/N-ethyl adjacent to an activating group) is 1. The number of carbonyl (C=O) groups excluding carboxylic acids is 1. The van der Waals surface area contributed by atoms with Gasteiger partial charge in [-0.05, 0) is 53.1 Å². The molecule has 0 saturated heterocycles. The van der Waals surface area contributed by atoms with E-state index in [1.165, 1.54) is 12.8 Å². The fourth-order valence-corrected chi connectivity index (χ4v) is 1.96. The molecule has 0 aromatic rings. The summed E-state index contributed by atoms with van der Waals surface area (Å²) in [5.74, 6) is 0.601. The molecule has 1 amide bonds. The van der Waals surface area contributed by atoms with Crippen LogP contribution in [0.4, 0.5) is 0 Å². The highest BCUT2D eigenvalue weighted by molar-refractivity contribution is 5.84. The molecule has 1 fully saturated rings. The van der Waals surface area contributed by atoms with Gasteiger partial charge < -0.3 is 16.0 Å². The molecule has 1 aliphatic carbocycles. The fourth-order valence-electron chi connectivity index (χ4n) is 1.96. The Bertz CT molecular complexity index is 253. The first-order valence-corrected chi connectivity index (χ1v) is 6.08. The molecule has 0 aromatic heterocycles. The lowest BCUT2D eigenvalue weighted by Gasteiger charge is -2.33. The maximum atomic E-state index is 11.4. The quantitative estimate of drug-likeness (QED) is 0.668. The van der Waals surface area contributed by atoms with Crippen LogP contribution >= 0.6 is 0 Å². The van der Waals surface area contributed by atoms with Crippen LogP contribution in [0.3, 0.4) is 0 Å². The standard InChI is InChI=1S/C12H25N3O/c1-9(15(4)8-10-5-6-10)7-12(2,14-3)11(13)16/h9-10,14H,5-8H2,1-4H3,(H2,13,16). The van der Waals surface area contributed by atoms with E-state index in [1.807, 2.05) is 6.92 Å². The van der Waals surface area contributed by atoms with Gasteiger partial charge in [-0.1, -0.05) is 0 Å². The van der Waals surface area contributed by atoms with E-state index in [1.54, 1.807) is 7.05 Å². The van der Waals surface area contributed by atoms with Crippen molar-refractivity contribution < 1.29 is 4.79 Å². The number of primary amides is 1. The fraction of sp³-hybridized carbons (Fsp3) is 0.917. The highest BCUT2D eigenvalue weighted by atomic mass is 16.1. The third-order valence-electron chi connectivity index (χ3n) is 3.79. The van der Waals surface area contributed by atoms with Gasteiger partial charge in [0, 0.05) is 12.6 Å². The number of nitrogens with one attached hydrogen (secondary N) is 1. The second kappa shape index (κ2) is 5.15. The van der Waals surface area contributed by atoms with Gasteiger partial charge in [0.25, 0.3) is 0 Å². The molecule has 1 rings (SSSR count). The van der Waals surface area contributed by atoms with Crippen LogP contribution in [0, 0.1) is 5.92 Å². The first-order chi connectivity index (χ1) is 7.39. The first kappa shape index (κ1) is 13.5. The predicted molar refractivity (Wildman–Crippen MR) is 66.1 cm³/mol. The van der Waals surface area contributed by atoms with Crippen LogP contribution in [0.5, 0.6) is 0 Å². The molecule has 2 atom stereocenters. The topological polar surface area (TPSA) is 58.4 Å². The van der Waals surface area contributed by atoms with Crippen molar-refractivity contribution in [2.45, 2.75) is 44.7 Å². The van der Waals surface area contributed by atoms with E-state index in [-0.39, 0.29) is 5.91 Å². The third-order valence-corrected chi connectivity index (χ3v) is 3.79. The molecule has 1 aliphatic rings. The maximum Gasteiger partial charge on any atom is 0.237 e. The Labute approximate surface area is 98.6 Å². The molecule has 4 heteroatoms. The zero-order valence-corrected chi connectivity index (χ0v) is 10.9. The minimum Gasteiger partial charge on any atom is -0.368 e. The van der Waals surface area contributed by atoms with Crippen molar-refractivity contribution in [3.63, 3.8) is 0 Å². The lowest BCUT2D eigenvalue weighted by molar-refractivity contribution is -0.124. The Morgan fingerprint density at radius 3 is 2.56 bits per heavy atom. The predicted octanol–water partition coefficient (Wildman–Crippen LogP) is 0.570. The number of hydrogen-bond acceptors (Lipinski definition) is 3. The zero-order valence-electron chi connectivity index (χ0n) is 10.9. The van der Waals surface area contributed by atoms with Gasteiger partial charge in [0.2, 0.25) is 5.91 Å². The number of nitrogens with two attached hydrogens (primary N) is 1. The molecule has 0 aromatic carbocycles. The molecule has 0 heterocycles. The van der Waals surface area contributed by atoms with Gasteiger partial charge in [0.05, 0.1) is 5.54 Å². The number of amides is 1. The lowest BCUT2D eigenvalue weighted by atomic mass is 9.92. The summed E-state index contributed by atoms with van der Waals surface area (Å²) >= 11 is 0. The summed E-state index contributed by atoms with van der Waals surface area (Å²) in [7, 11) is 3.92. The molecular weight excluding hydrogens is 202 g/mol. The summed E-state index contributed by atoms with van der Waals surface area (Å²) in [6.07, 6.45) is 3.47. The van der Waals surface area contributed by atoms with Gasteiger partial charge in [-0.2, -0.15) is 0 Å². The summed E-state index contributed by atoms with van der Waals surface area (Å²) in [4.78, 5) is 13.7. The number of hydrogen-bond donors (Lipinski definition) is 2. The molecule has 94 valence electrons. The smallest absolute Gasteiger partial charge is 0.237 e. The van der Waals surface area contributed by atoms with Crippen LogP contribution in [0.1, 0.15) is 33.1 Å². The zero-order chi connectivity index (χ0) is 12.3. The third kappa shape index (κ3) is 3.46. The summed E-state index contributed by atoms with van der Waals surface area (Å²) in [6.45, 7) is 5.16. The normalized spacial score (nSPS) is 21.8. The van der Waals surface area contributed by atoms with Gasteiger partial charge in [0.15, 0.2) is 0 Å². The van der Waals surface area contributed by atoms with Crippen LogP contribution in [-0.2, 0) is 4.79 Å². The monoisotopic (exact) mass is 227 g/mol. The first-order valence-electron chi connectivity index (χ1n) is 6.08. The molecule has 3 N–H and O–H groups in total. The Hall–Kier alpha value is -0.610. The molecule has 1 saturated carbocycles. The molecule has 0 spiro atoms. The molecule has 0 bridgehead atoms. The van der Waals surface area contributed by atoms with Gasteiger partial charge in [-0.25, -0.2) is 0 Å². The van der Waals surface area contributed by atoms with Crippen molar-refractivity contribution in [3.05, 3.63) is 0 Å². The van der Waals surface area contributed by atoms with Gasteiger partial charge in [-0.3, -0.25) is 4.79 Å². The molecule has 0 radical (unpaired) electrons. The Morgan fingerprint density at radius 2 is 2.19 bits per heavy atom. The van der Waals surface area contributed by atoms with Gasteiger partial charge in [0.1, 0.15) is 0 Å². The molecule has 16 heavy (non-hydrogen) atoms. The lowest BCUT2D eigenvalue weighted by Crippen LogP contribution is -2.54. The van der Waals surface area contributed by atoms with E-state index < -0.39 is 5.54 Å². The van der Waals surface area contributed by atoms with E-state index in [0.29, 0.717) is 6.04 Å². The molecule has 2 unspecified atom stereocenters. The van der Waals surface area contributed by atoms with Crippen molar-refractivity contribution in [1.29, 1.82) is 0 Å². The van der Waals surface area contributed by atoms with Crippen molar-refractivity contribution in [3.8, 4) is 0 Å². The average molecular weight is 227 g/mol. The van der Waals surface area contributed by atoms with E-state index in [2.05, 4.69) is 24.2 Å². The van der Waals surface area contributed by atoms with E-state index in [9.17, 15) is 4.79 Å². The maximum absolute atomic E-state index is 11.4. The summed E-state index contributed by atoms with van der Waals surface area (Å²) in [6, 6.07) is 0.366. The minimum atomic E-state index is -0.600. The van der Waals surface area contributed by atoms with Crippen molar-refractivity contribution in [1.82, 2.24) is 10.2 Å². The average Bonchev–Trinajstić information content (AvgIpc) is 3.00. The number of nitrogens with zero attached hydrogens (tertiary/aromatic N) is 1. The highest BCUT2D eigenvalue weighted by Gasteiger charge is 2.33. The van der Waals surface area contributed by atoms with Crippen molar-refractivity contribution in [2.24, 2.45) is 11.7 Å². The van der Waals surface area contributed by atoms with Gasteiger partial charge in [-0.15, -0.1) is 0 Å². The van der Waals surface area contributed by atoms with E-state index >= 15 is 0 Å². The van der Waals surface area contributed by atoms with Crippen LogP contribution in [0.15, 0.2) is 0 Å². The summed E-state index contributed by atoms with van der Waals surface area (Å²) in [5, 5.41) is 3.03. The largest absolute Gasteiger partial charge is 0.368 e. The second-order valence-electron chi connectivity index (χ2n) is 5.38. The van der Waals surface area contributed by atoms with Crippen LogP contribution in [0.25, 0.3) is 0 Å². The number of carbonyl (C=O) groups is 1. The summed E-state index contributed by atoms with van der Waals surface area (Å²) in [5.41, 5.74) is 4.82. The van der Waals surface area contributed by atoms with Crippen LogP contribution in [0.2, 0.25) is 0 Å². The summed E-state index contributed by atoms with van der Waals surface area (Å²) < 4.78 is 0. The van der Waals surface area contributed by atoms with Crippen LogP contribution < -0.4 is 11.1 Å². The Balaban J connectivity index is 2.46. The van der Waals surface area contributed by atoms with Crippen molar-refractivity contribution >= 4 is 5.91 Å². The Kier molecular flexibility index (Phi) is 4.33. The van der Waals surface area contributed by atoms with E-state index in [4.69, 9.17) is 5.73 Å². The number of rotatable bonds is 7. The SMILES string of the molecule is CNC(C)(CC(C)N(C)CC1CC1)C(N)=O. The molecule has 0 aliphatic heterocycles. The molecular formula is C12H25N3O. The Morgan fingerprint density at radius 1 is 1.62 bits per heavy atom. The van der Waals surface area contributed by atoms with E-state index in [0.717, 1.165) is 18.9 Å². The highest BCUT2D eigenvalue weighted by Crippen LogP contribution is 2.30. The van der Waals surface area contributed by atoms with Gasteiger partial charge >= 0.3 is 0 Å². The minimum absolute atomic E-state index is 0.276.